The maximum atomic E-state index is 5.73. The van der Waals surface area contributed by atoms with Crippen LogP contribution in [0.4, 0.5) is 0 Å². The zero-order valence-electron chi connectivity index (χ0n) is 26.1. The number of nitrogens with zero attached hydrogens (tertiary/aromatic N) is 4. The molecule has 4 aliphatic rings. The molecule has 5 nitrogen and oxygen atoms in total. The zero-order valence-corrected chi connectivity index (χ0v) is 26.1. The first kappa shape index (κ1) is 33.0. The molecule has 2 atom stereocenters. The fraction of sp³-hybridized carbons (Fsp3) is 1.00. The van der Waals surface area contributed by atoms with E-state index in [-0.39, 0.29) is 0 Å². The Bertz CT molecular complexity index is 539. The molecule has 0 saturated carbocycles. The second-order valence-corrected chi connectivity index (χ2v) is 12.6. The second-order valence-electron chi connectivity index (χ2n) is 12.6. The topological polar surface area (TPSA) is 39.0 Å². The van der Waals surface area contributed by atoms with Crippen LogP contribution in [0.1, 0.15) is 99.3 Å². The van der Waals surface area contributed by atoms with Crippen LogP contribution in [-0.4, -0.2) is 104 Å². The van der Waals surface area contributed by atoms with Gasteiger partial charge in [0.2, 0.25) is 0 Å². The van der Waals surface area contributed by atoms with Gasteiger partial charge in [0.15, 0.2) is 0 Å². The van der Waals surface area contributed by atoms with Gasteiger partial charge in [0.25, 0.3) is 0 Å². The Morgan fingerprint density at radius 1 is 0.649 bits per heavy atom. The molecule has 5 heteroatoms. The summed E-state index contributed by atoms with van der Waals surface area (Å²) in [5.41, 5.74) is 5.73. The molecule has 220 valence electrons. The molecule has 2 N–H and O–H groups in total. The minimum atomic E-state index is 0.745. The maximum absolute atomic E-state index is 5.73. The highest BCUT2D eigenvalue weighted by Gasteiger charge is 2.26. The van der Waals surface area contributed by atoms with E-state index in [1.54, 1.807) is 0 Å². The molecule has 2 unspecified atom stereocenters. The van der Waals surface area contributed by atoms with E-state index < -0.39 is 0 Å². The number of likely N-dealkylation sites (tertiary alicyclic amines) is 4. The van der Waals surface area contributed by atoms with E-state index in [0.29, 0.717) is 0 Å². The molecule has 0 aromatic rings. The molecule has 37 heavy (non-hydrogen) atoms. The average Bonchev–Trinajstić information content (AvgIpc) is 3.59. The van der Waals surface area contributed by atoms with Crippen molar-refractivity contribution in [1.82, 2.24) is 19.6 Å². The van der Waals surface area contributed by atoms with E-state index in [1.165, 1.54) is 130 Å². The van der Waals surface area contributed by atoms with Gasteiger partial charge in [-0.2, -0.15) is 0 Å². The van der Waals surface area contributed by atoms with Crippen LogP contribution in [0, 0.1) is 23.7 Å². The second kappa shape index (κ2) is 19.0. The highest BCUT2D eigenvalue weighted by atomic mass is 15.2. The lowest BCUT2D eigenvalue weighted by Crippen LogP contribution is -2.39. The predicted molar refractivity (Wildman–Crippen MR) is 163 cm³/mol. The number of rotatable bonds is 10. The van der Waals surface area contributed by atoms with Gasteiger partial charge < -0.3 is 25.3 Å². The van der Waals surface area contributed by atoms with E-state index in [4.69, 9.17) is 5.73 Å². The Morgan fingerprint density at radius 2 is 1.19 bits per heavy atom. The minimum absolute atomic E-state index is 0.745. The minimum Gasteiger partial charge on any atom is -0.330 e. The molecule has 0 aliphatic carbocycles. The fourth-order valence-electron chi connectivity index (χ4n) is 7.00. The zero-order chi connectivity index (χ0) is 27.0. The van der Waals surface area contributed by atoms with Gasteiger partial charge in [-0.05, 0) is 148 Å². The van der Waals surface area contributed by atoms with Gasteiger partial charge in [0.1, 0.15) is 0 Å². The van der Waals surface area contributed by atoms with Crippen molar-refractivity contribution in [2.45, 2.75) is 105 Å². The first-order valence-corrected chi connectivity index (χ1v) is 16.6. The van der Waals surface area contributed by atoms with Crippen LogP contribution in [0.2, 0.25) is 0 Å². The van der Waals surface area contributed by atoms with Crippen molar-refractivity contribution >= 4 is 0 Å². The summed E-state index contributed by atoms with van der Waals surface area (Å²) in [5.74, 6) is 3.73. The monoisotopic (exact) mass is 522 g/mol. The van der Waals surface area contributed by atoms with Gasteiger partial charge in [0.05, 0.1) is 0 Å². The number of nitrogens with two attached hydrogens (primary N) is 1. The first-order valence-electron chi connectivity index (χ1n) is 16.6. The number of hydrogen-bond donors (Lipinski definition) is 1. The number of piperidine rings is 2. The van der Waals surface area contributed by atoms with Gasteiger partial charge in [-0.1, -0.05) is 34.1 Å². The van der Waals surface area contributed by atoms with E-state index in [0.717, 1.165) is 36.3 Å². The third kappa shape index (κ3) is 12.2. The van der Waals surface area contributed by atoms with Gasteiger partial charge in [-0.3, -0.25) is 0 Å². The lowest BCUT2D eigenvalue weighted by Gasteiger charge is -2.35. The van der Waals surface area contributed by atoms with Crippen LogP contribution in [0.5, 0.6) is 0 Å². The third-order valence-corrected chi connectivity index (χ3v) is 9.67. The third-order valence-electron chi connectivity index (χ3n) is 9.67. The van der Waals surface area contributed by atoms with Gasteiger partial charge in [-0.25, -0.2) is 0 Å². The molecule has 4 saturated heterocycles. The van der Waals surface area contributed by atoms with Gasteiger partial charge in [-0.15, -0.1) is 0 Å². The smallest absolute Gasteiger partial charge is 0.00385 e. The van der Waals surface area contributed by atoms with Crippen molar-refractivity contribution in [2.75, 3.05) is 78.5 Å². The highest BCUT2D eigenvalue weighted by Crippen LogP contribution is 2.25. The van der Waals surface area contributed by atoms with Crippen LogP contribution in [0.25, 0.3) is 0 Å². The summed E-state index contributed by atoms with van der Waals surface area (Å²) < 4.78 is 0. The lowest BCUT2D eigenvalue weighted by atomic mass is 9.93. The summed E-state index contributed by atoms with van der Waals surface area (Å²) in [7, 11) is 0. The van der Waals surface area contributed by atoms with Crippen LogP contribution in [0.3, 0.4) is 0 Å². The van der Waals surface area contributed by atoms with Crippen LogP contribution in [-0.2, 0) is 0 Å². The summed E-state index contributed by atoms with van der Waals surface area (Å²) in [5, 5.41) is 0. The van der Waals surface area contributed by atoms with E-state index in [1.807, 2.05) is 13.8 Å². The molecule has 4 heterocycles. The van der Waals surface area contributed by atoms with Crippen molar-refractivity contribution < 1.29 is 0 Å². The summed E-state index contributed by atoms with van der Waals surface area (Å²) in [4.78, 5) is 10.6. The molecule has 4 rings (SSSR count). The highest BCUT2D eigenvalue weighted by molar-refractivity contribution is 4.81. The normalized spacial score (nSPS) is 27.2. The Balaban J connectivity index is 0.000000247. The first-order chi connectivity index (χ1) is 18.0. The Kier molecular flexibility index (Phi) is 16.9. The molecule has 0 radical (unpaired) electrons. The van der Waals surface area contributed by atoms with E-state index in [9.17, 15) is 0 Å². The summed E-state index contributed by atoms with van der Waals surface area (Å²) in [6, 6.07) is 0.745. The van der Waals surface area contributed by atoms with Crippen molar-refractivity contribution in [3.8, 4) is 0 Å². The van der Waals surface area contributed by atoms with Crippen molar-refractivity contribution in [2.24, 2.45) is 29.4 Å². The van der Waals surface area contributed by atoms with Gasteiger partial charge >= 0.3 is 0 Å². The largest absolute Gasteiger partial charge is 0.330 e. The molecule has 4 fully saturated rings. The molecule has 0 bridgehead atoms. The molecule has 4 aliphatic heterocycles. The molecule has 0 spiro atoms. The molecule has 0 aromatic heterocycles. The van der Waals surface area contributed by atoms with Gasteiger partial charge in [0, 0.05) is 25.7 Å². The molecular formula is C32H67N5. The maximum Gasteiger partial charge on any atom is 0.00385 e. The number of hydrogen-bond acceptors (Lipinski definition) is 5. The summed E-state index contributed by atoms with van der Waals surface area (Å²) >= 11 is 0. The predicted octanol–water partition coefficient (Wildman–Crippen LogP) is 5.64. The van der Waals surface area contributed by atoms with Crippen molar-refractivity contribution in [3.63, 3.8) is 0 Å². The van der Waals surface area contributed by atoms with Crippen LogP contribution >= 0.6 is 0 Å². The van der Waals surface area contributed by atoms with E-state index >= 15 is 0 Å². The SMILES string of the molecule is CC.CCCC1CCN(CCC2CCN(C(C)C)CC2)C1.CCN1CCC(CN2CCC(CN)C2)CC1. The Labute approximate surface area is 232 Å². The quantitative estimate of drug-likeness (QED) is 0.402. The molecule has 0 amide bonds. The average molecular weight is 522 g/mol. The standard InChI is InChI=1S/C17H34N2.C13H27N3.C2H6/c1-4-5-17-7-11-18(14-17)10-6-16-8-12-19(13-9-16)15(2)3;1-2-15-6-3-12(4-7-15)10-16-8-5-13(9-14)11-16;1-2/h15-17H,4-14H2,1-3H3;12-13H,2-11,14H2,1H3;1-2H3. The van der Waals surface area contributed by atoms with Crippen molar-refractivity contribution in [3.05, 3.63) is 0 Å². The Morgan fingerprint density at radius 3 is 1.76 bits per heavy atom. The lowest BCUT2D eigenvalue weighted by molar-refractivity contribution is 0.138. The Hall–Kier alpha value is -0.200. The molecule has 0 aromatic carbocycles. The fourth-order valence-corrected chi connectivity index (χ4v) is 7.00. The summed E-state index contributed by atoms with van der Waals surface area (Å²) in [6.45, 7) is 28.7. The van der Waals surface area contributed by atoms with Crippen LogP contribution in [0.15, 0.2) is 0 Å². The summed E-state index contributed by atoms with van der Waals surface area (Å²) in [6.07, 6.45) is 12.7. The van der Waals surface area contributed by atoms with E-state index in [2.05, 4.69) is 47.3 Å². The van der Waals surface area contributed by atoms with Crippen LogP contribution < -0.4 is 5.73 Å². The molecular weight excluding hydrogens is 454 g/mol. The van der Waals surface area contributed by atoms with Crippen molar-refractivity contribution in [1.29, 1.82) is 0 Å².